The second-order valence-corrected chi connectivity index (χ2v) is 3.45. The predicted octanol–water partition coefficient (Wildman–Crippen LogP) is 0.780. The van der Waals surface area contributed by atoms with Crippen molar-refractivity contribution in [3.8, 4) is 0 Å². The molecule has 0 bridgehead atoms. The molecular weight excluding hydrogens is 208 g/mol. The monoisotopic (exact) mass is 220 g/mol. The number of aryl methyl sites for hydroxylation is 1. The van der Waals surface area contributed by atoms with Crippen LogP contribution in [0.25, 0.3) is 10.9 Å². The van der Waals surface area contributed by atoms with Gasteiger partial charge in [0.1, 0.15) is 0 Å². The highest BCUT2D eigenvalue weighted by molar-refractivity contribution is 5.87. The zero-order valence-corrected chi connectivity index (χ0v) is 9.04. The molecule has 0 aliphatic rings. The van der Waals surface area contributed by atoms with Gasteiger partial charge in [0.25, 0.3) is 0 Å². The number of nitrogens with zero attached hydrogens (tertiary/aromatic N) is 2. The molecule has 1 aromatic carbocycles. The molecule has 1 aromatic heterocycles. The molecule has 16 heavy (non-hydrogen) atoms. The molecule has 1 atom stereocenters. The Hall–Kier alpha value is -1.88. The lowest BCUT2D eigenvalue weighted by atomic mass is 10.1. The molecule has 0 saturated heterocycles. The number of carbonyl (C=O) groups is 1. The van der Waals surface area contributed by atoms with Crippen LogP contribution >= 0.6 is 0 Å². The molecule has 1 heterocycles. The molecule has 0 fully saturated rings. The van der Waals surface area contributed by atoms with Gasteiger partial charge in [-0.05, 0) is 6.07 Å². The van der Waals surface area contributed by atoms with Crippen molar-refractivity contribution in [2.24, 2.45) is 7.05 Å². The van der Waals surface area contributed by atoms with E-state index in [1.165, 1.54) is 11.8 Å². The number of hydrogen-bond acceptors (Lipinski definition) is 4. The van der Waals surface area contributed by atoms with Gasteiger partial charge in [-0.3, -0.25) is 4.68 Å². The highest BCUT2D eigenvalue weighted by Gasteiger charge is 2.24. The van der Waals surface area contributed by atoms with Crippen LogP contribution in [0.5, 0.6) is 0 Å². The summed E-state index contributed by atoms with van der Waals surface area (Å²) in [5, 5.41) is 14.8. The van der Waals surface area contributed by atoms with Crippen molar-refractivity contribution in [3.63, 3.8) is 0 Å². The van der Waals surface area contributed by atoms with Gasteiger partial charge in [0.2, 0.25) is 0 Å². The van der Waals surface area contributed by atoms with Crippen LogP contribution in [0.3, 0.4) is 0 Å². The topological polar surface area (TPSA) is 64.3 Å². The fraction of sp³-hybridized carbons (Fsp3) is 0.273. The molecular formula is C11H12N2O3. The molecule has 0 saturated carbocycles. The molecule has 0 amide bonds. The molecule has 0 aliphatic carbocycles. The second-order valence-electron chi connectivity index (χ2n) is 3.45. The fourth-order valence-electron chi connectivity index (χ4n) is 1.71. The molecule has 2 aromatic rings. The Morgan fingerprint density at radius 1 is 1.50 bits per heavy atom. The molecule has 0 spiro atoms. The van der Waals surface area contributed by atoms with Gasteiger partial charge in [-0.15, -0.1) is 0 Å². The first-order chi connectivity index (χ1) is 7.65. The molecule has 5 nitrogen and oxygen atoms in total. The van der Waals surface area contributed by atoms with E-state index in [1.54, 1.807) is 7.05 Å². The van der Waals surface area contributed by atoms with Crippen molar-refractivity contribution in [2.75, 3.05) is 7.11 Å². The molecule has 0 aliphatic heterocycles. The van der Waals surface area contributed by atoms with Crippen LogP contribution in [0, 0.1) is 0 Å². The summed E-state index contributed by atoms with van der Waals surface area (Å²) >= 11 is 0. The summed E-state index contributed by atoms with van der Waals surface area (Å²) in [5.41, 5.74) is 1.19. The van der Waals surface area contributed by atoms with Gasteiger partial charge in [-0.25, -0.2) is 4.79 Å². The van der Waals surface area contributed by atoms with Gasteiger partial charge in [0, 0.05) is 12.4 Å². The van der Waals surface area contributed by atoms with Crippen molar-refractivity contribution in [2.45, 2.75) is 6.10 Å². The minimum atomic E-state index is -1.30. The van der Waals surface area contributed by atoms with Gasteiger partial charge >= 0.3 is 5.97 Å². The van der Waals surface area contributed by atoms with Crippen LogP contribution in [-0.4, -0.2) is 28.0 Å². The van der Waals surface area contributed by atoms with Crippen LogP contribution in [-0.2, 0) is 16.6 Å². The third-order valence-electron chi connectivity index (χ3n) is 2.47. The molecule has 84 valence electrons. The molecule has 1 N–H and O–H groups in total. The highest BCUT2D eigenvalue weighted by Crippen LogP contribution is 2.24. The minimum Gasteiger partial charge on any atom is -0.467 e. The van der Waals surface area contributed by atoms with E-state index in [2.05, 4.69) is 9.84 Å². The SMILES string of the molecule is COC(=O)C(O)c1c2ccccc2nn1C. The van der Waals surface area contributed by atoms with Crippen molar-refractivity contribution in [1.29, 1.82) is 0 Å². The Kier molecular flexibility index (Phi) is 2.62. The zero-order valence-electron chi connectivity index (χ0n) is 9.04. The van der Waals surface area contributed by atoms with Crippen LogP contribution in [0.1, 0.15) is 11.8 Å². The number of methoxy groups -OCH3 is 1. The average Bonchev–Trinajstić information content (AvgIpc) is 2.63. The quantitative estimate of drug-likeness (QED) is 0.759. The van der Waals surface area contributed by atoms with Crippen molar-refractivity contribution in [1.82, 2.24) is 9.78 Å². The summed E-state index contributed by atoms with van der Waals surface area (Å²) in [6.45, 7) is 0. The van der Waals surface area contributed by atoms with Crippen LogP contribution in [0.15, 0.2) is 24.3 Å². The van der Waals surface area contributed by atoms with Gasteiger partial charge in [0.15, 0.2) is 6.10 Å². The van der Waals surface area contributed by atoms with Crippen molar-refractivity contribution < 1.29 is 14.6 Å². The van der Waals surface area contributed by atoms with E-state index < -0.39 is 12.1 Å². The number of aliphatic hydroxyl groups excluding tert-OH is 1. The number of aromatic nitrogens is 2. The number of benzene rings is 1. The average molecular weight is 220 g/mol. The maximum absolute atomic E-state index is 11.3. The lowest BCUT2D eigenvalue weighted by Gasteiger charge is -2.08. The zero-order chi connectivity index (χ0) is 11.7. The first-order valence-electron chi connectivity index (χ1n) is 4.82. The summed E-state index contributed by atoms with van der Waals surface area (Å²) in [5.74, 6) is -0.686. The Bertz CT molecular complexity index is 533. The van der Waals surface area contributed by atoms with Gasteiger partial charge < -0.3 is 9.84 Å². The van der Waals surface area contributed by atoms with E-state index in [4.69, 9.17) is 0 Å². The van der Waals surface area contributed by atoms with Crippen LogP contribution in [0.4, 0.5) is 0 Å². The van der Waals surface area contributed by atoms with Gasteiger partial charge in [-0.1, -0.05) is 18.2 Å². The number of fused-ring (bicyclic) bond motifs is 1. The third-order valence-corrected chi connectivity index (χ3v) is 2.47. The molecule has 0 radical (unpaired) electrons. The van der Waals surface area contributed by atoms with E-state index in [0.717, 1.165) is 10.9 Å². The Balaban J connectivity index is 2.59. The maximum Gasteiger partial charge on any atom is 0.341 e. The largest absolute Gasteiger partial charge is 0.467 e. The Morgan fingerprint density at radius 2 is 2.19 bits per heavy atom. The fourth-order valence-corrected chi connectivity index (χ4v) is 1.71. The van der Waals surface area contributed by atoms with E-state index in [1.807, 2.05) is 24.3 Å². The Morgan fingerprint density at radius 3 is 2.88 bits per heavy atom. The van der Waals surface area contributed by atoms with Gasteiger partial charge in [0.05, 0.1) is 18.3 Å². The normalized spacial score (nSPS) is 12.7. The standard InChI is InChI=1S/C11H12N2O3/c1-13-9(10(14)11(15)16-2)7-5-3-4-6-8(7)12-13/h3-6,10,14H,1-2H3. The van der Waals surface area contributed by atoms with Gasteiger partial charge in [-0.2, -0.15) is 5.10 Å². The summed E-state index contributed by atoms with van der Waals surface area (Å²) in [6, 6.07) is 7.31. The highest BCUT2D eigenvalue weighted by atomic mass is 16.5. The van der Waals surface area contributed by atoms with Crippen molar-refractivity contribution in [3.05, 3.63) is 30.0 Å². The first-order valence-corrected chi connectivity index (χ1v) is 4.82. The van der Waals surface area contributed by atoms with Crippen LogP contribution in [0.2, 0.25) is 0 Å². The van der Waals surface area contributed by atoms with Crippen molar-refractivity contribution >= 4 is 16.9 Å². The number of aliphatic hydroxyl groups is 1. The molecule has 5 heteroatoms. The number of hydrogen-bond donors (Lipinski definition) is 1. The number of ether oxygens (including phenoxy) is 1. The maximum atomic E-state index is 11.3. The van der Waals surface area contributed by atoms with Crippen LogP contribution < -0.4 is 0 Å². The smallest absolute Gasteiger partial charge is 0.341 e. The summed E-state index contributed by atoms with van der Waals surface area (Å²) in [7, 11) is 2.92. The lowest BCUT2D eigenvalue weighted by molar-refractivity contribution is -0.151. The van der Waals surface area contributed by atoms with E-state index in [-0.39, 0.29) is 0 Å². The summed E-state index contributed by atoms with van der Waals surface area (Å²) < 4.78 is 6.00. The second kappa shape index (κ2) is 3.94. The first kappa shape index (κ1) is 10.6. The van der Waals surface area contributed by atoms with E-state index >= 15 is 0 Å². The predicted molar refractivity (Wildman–Crippen MR) is 57.7 cm³/mol. The molecule has 2 rings (SSSR count). The van der Waals surface area contributed by atoms with E-state index in [0.29, 0.717) is 5.69 Å². The lowest BCUT2D eigenvalue weighted by Crippen LogP contribution is -2.16. The Labute approximate surface area is 92.2 Å². The number of esters is 1. The summed E-state index contributed by atoms with van der Waals surface area (Å²) in [4.78, 5) is 11.3. The molecule has 1 unspecified atom stereocenters. The van der Waals surface area contributed by atoms with E-state index in [9.17, 15) is 9.90 Å². The summed E-state index contributed by atoms with van der Waals surface area (Å²) in [6.07, 6.45) is -1.30. The number of rotatable bonds is 2. The third kappa shape index (κ3) is 1.55. The number of carbonyl (C=O) groups excluding carboxylic acids is 1. The minimum absolute atomic E-state index is 0.447.